The van der Waals surface area contributed by atoms with E-state index in [1.54, 1.807) is 31.4 Å². The Bertz CT molecular complexity index is 540. The molecular formula is C11H7Cl2FN2O. The normalized spacial score (nSPS) is 10.4. The lowest BCUT2D eigenvalue weighted by Gasteiger charge is -2.04. The smallest absolute Gasteiger partial charge is 0.197 e. The SMILES string of the molecule is COc1cccc(-c2nc(Cl)c(F)c(Cl)n2)c1. The average Bonchev–Trinajstić information content (AvgIpc) is 2.35. The zero-order chi connectivity index (χ0) is 12.4. The van der Waals surface area contributed by atoms with E-state index < -0.39 is 5.82 Å². The molecule has 17 heavy (non-hydrogen) atoms. The Kier molecular flexibility index (Phi) is 3.45. The van der Waals surface area contributed by atoms with E-state index >= 15 is 0 Å². The fourth-order valence-corrected chi connectivity index (χ4v) is 1.67. The summed E-state index contributed by atoms with van der Waals surface area (Å²) in [6, 6.07) is 7.00. The van der Waals surface area contributed by atoms with Gasteiger partial charge in [-0.3, -0.25) is 0 Å². The molecule has 1 aromatic carbocycles. The van der Waals surface area contributed by atoms with Crippen LogP contribution in [0.25, 0.3) is 11.4 Å². The molecule has 3 nitrogen and oxygen atoms in total. The molecule has 88 valence electrons. The van der Waals surface area contributed by atoms with Crippen molar-refractivity contribution in [1.82, 2.24) is 9.97 Å². The van der Waals surface area contributed by atoms with Crippen molar-refractivity contribution >= 4 is 23.2 Å². The number of hydrogen-bond donors (Lipinski definition) is 0. The zero-order valence-corrected chi connectivity index (χ0v) is 10.3. The van der Waals surface area contributed by atoms with Gasteiger partial charge in [-0.2, -0.15) is 0 Å². The van der Waals surface area contributed by atoms with Crippen molar-refractivity contribution in [3.63, 3.8) is 0 Å². The van der Waals surface area contributed by atoms with Crippen LogP contribution in [0.3, 0.4) is 0 Å². The van der Waals surface area contributed by atoms with Gasteiger partial charge in [-0.1, -0.05) is 35.3 Å². The molecule has 0 fully saturated rings. The van der Waals surface area contributed by atoms with Crippen molar-refractivity contribution in [2.75, 3.05) is 7.11 Å². The van der Waals surface area contributed by atoms with Crippen LogP contribution >= 0.6 is 23.2 Å². The lowest BCUT2D eigenvalue weighted by molar-refractivity contribution is 0.415. The van der Waals surface area contributed by atoms with Gasteiger partial charge >= 0.3 is 0 Å². The fourth-order valence-electron chi connectivity index (χ4n) is 1.29. The minimum absolute atomic E-state index is 0.250. The first kappa shape index (κ1) is 12.1. The molecule has 0 saturated heterocycles. The van der Waals surface area contributed by atoms with Gasteiger partial charge in [-0.15, -0.1) is 0 Å². The number of methoxy groups -OCH3 is 1. The number of aromatic nitrogens is 2. The van der Waals surface area contributed by atoms with E-state index in [0.29, 0.717) is 11.3 Å². The van der Waals surface area contributed by atoms with Crippen LogP contribution in [0.15, 0.2) is 24.3 Å². The van der Waals surface area contributed by atoms with E-state index in [9.17, 15) is 4.39 Å². The summed E-state index contributed by atoms with van der Waals surface area (Å²) in [6.45, 7) is 0. The molecule has 0 atom stereocenters. The summed E-state index contributed by atoms with van der Waals surface area (Å²) in [4.78, 5) is 7.64. The van der Waals surface area contributed by atoms with Crippen LogP contribution in [0.4, 0.5) is 4.39 Å². The lowest BCUT2D eigenvalue weighted by Crippen LogP contribution is -1.95. The number of ether oxygens (including phenoxy) is 1. The molecule has 0 aliphatic heterocycles. The summed E-state index contributed by atoms with van der Waals surface area (Å²) < 4.78 is 18.2. The predicted octanol–water partition coefficient (Wildman–Crippen LogP) is 3.60. The first-order chi connectivity index (χ1) is 8.11. The maximum atomic E-state index is 13.2. The molecule has 0 radical (unpaired) electrons. The summed E-state index contributed by atoms with van der Waals surface area (Å²) in [5.74, 6) is 0.0722. The molecule has 2 aromatic rings. The Morgan fingerprint density at radius 3 is 2.41 bits per heavy atom. The first-order valence-corrected chi connectivity index (χ1v) is 5.40. The Morgan fingerprint density at radius 1 is 1.18 bits per heavy atom. The van der Waals surface area contributed by atoms with Crippen molar-refractivity contribution in [3.05, 3.63) is 40.4 Å². The van der Waals surface area contributed by atoms with Gasteiger partial charge in [0.1, 0.15) is 5.75 Å². The van der Waals surface area contributed by atoms with Crippen LogP contribution in [0.2, 0.25) is 10.3 Å². The number of benzene rings is 1. The summed E-state index contributed by atoms with van der Waals surface area (Å²) >= 11 is 11.2. The number of halogens is 3. The van der Waals surface area contributed by atoms with E-state index in [2.05, 4.69) is 9.97 Å². The summed E-state index contributed by atoms with van der Waals surface area (Å²) in [6.07, 6.45) is 0. The molecule has 0 spiro atoms. The molecule has 0 unspecified atom stereocenters. The molecule has 6 heteroatoms. The molecule has 0 saturated carbocycles. The lowest BCUT2D eigenvalue weighted by atomic mass is 10.2. The summed E-state index contributed by atoms with van der Waals surface area (Å²) in [5, 5.41) is -0.606. The quantitative estimate of drug-likeness (QED) is 0.784. The minimum atomic E-state index is -0.819. The average molecular weight is 273 g/mol. The second-order valence-corrected chi connectivity index (χ2v) is 3.89. The molecule has 1 aromatic heterocycles. The summed E-state index contributed by atoms with van der Waals surface area (Å²) in [7, 11) is 1.55. The van der Waals surface area contributed by atoms with Crippen molar-refractivity contribution in [1.29, 1.82) is 0 Å². The zero-order valence-electron chi connectivity index (χ0n) is 8.75. The van der Waals surface area contributed by atoms with Gasteiger partial charge in [-0.05, 0) is 12.1 Å². The van der Waals surface area contributed by atoms with Gasteiger partial charge in [0.25, 0.3) is 0 Å². The van der Waals surface area contributed by atoms with Crippen LogP contribution in [0.1, 0.15) is 0 Å². The van der Waals surface area contributed by atoms with Crippen LogP contribution in [0, 0.1) is 5.82 Å². The number of hydrogen-bond acceptors (Lipinski definition) is 3. The highest BCUT2D eigenvalue weighted by molar-refractivity contribution is 6.33. The molecule has 0 aliphatic rings. The molecule has 0 aliphatic carbocycles. The molecule has 0 amide bonds. The van der Waals surface area contributed by atoms with Crippen molar-refractivity contribution in [3.8, 4) is 17.1 Å². The molecule has 0 N–H and O–H groups in total. The maximum Gasteiger partial charge on any atom is 0.197 e. The molecule has 1 heterocycles. The highest BCUT2D eigenvalue weighted by Crippen LogP contribution is 2.26. The van der Waals surface area contributed by atoms with E-state index in [1.807, 2.05) is 0 Å². The predicted molar refractivity (Wildman–Crippen MR) is 64.0 cm³/mol. The Balaban J connectivity index is 2.52. The first-order valence-electron chi connectivity index (χ1n) is 4.65. The largest absolute Gasteiger partial charge is 0.497 e. The molecular weight excluding hydrogens is 266 g/mol. The Labute approximate surface area is 107 Å². The highest BCUT2D eigenvalue weighted by atomic mass is 35.5. The fraction of sp³-hybridized carbons (Fsp3) is 0.0909. The van der Waals surface area contributed by atoms with E-state index in [1.165, 1.54) is 0 Å². The second-order valence-electron chi connectivity index (χ2n) is 3.17. The van der Waals surface area contributed by atoms with E-state index in [4.69, 9.17) is 27.9 Å². The van der Waals surface area contributed by atoms with Crippen molar-refractivity contribution < 1.29 is 9.13 Å². The second kappa shape index (κ2) is 4.85. The van der Waals surface area contributed by atoms with Crippen LogP contribution in [-0.4, -0.2) is 17.1 Å². The summed E-state index contributed by atoms with van der Waals surface area (Å²) in [5.41, 5.74) is 0.646. The van der Waals surface area contributed by atoms with Gasteiger partial charge < -0.3 is 4.74 Å². The van der Waals surface area contributed by atoms with E-state index in [0.717, 1.165) is 0 Å². The monoisotopic (exact) mass is 272 g/mol. The standard InChI is InChI=1S/C11H7Cl2FN2O/c1-17-7-4-2-3-6(5-7)11-15-9(12)8(14)10(13)16-11/h2-5H,1H3. The van der Waals surface area contributed by atoms with Gasteiger partial charge in [0, 0.05) is 5.56 Å². The van der Waals surface area contributed by atoms with Gasteiger partial charge in [0.05, 0.1) is 7.11 Å². The maximum absolute atomic E-state index is 13.2. The van der Waals surface area contributed by atoms with Crippen LogP contribution in [-0.2, 0) is 0 Å². The van der Waals surface area contributed by atoms with Gasteiger partial charge in [0.15, 0.2) is 21.9 Å². The Hall–Kier alpha value is -1.39. The van der Waals surface area contributed by atoms with Crippen molar-refractivity contribution in [2.24, 2.45) is 0 Å². The third-order valence-corrected chi connectivity index (χ3v) is 2.60. The third-order valence-electron chi connectivity index (χ3n) is 2.10. The van der Waals surface area contributed by atoms with Crippen molar-refractivity contribution in [2.45, 2.75) is 0 Å². The van der Waals surface area contributed by atoms with Crippen LogP contribution < -0.4 is 4.74 Å². The van der Waals surface area contributed by atoms with E-state index in [-0.39, 0.29) is 16.1 Å². The topological polar surface area (TPSA) is 35.0 Å². The Morgan fingerprint density at radius 2 is 1.82 bits per heavy atom. The van der Waals surface area contributed by atoms with Gasteiger partial charge in [-0.25, -0.2) is 14.4 Å². The minimum Gasteiger partial charge on any atom is -0.497 e. The number of rotatable bonds is 2. The molecule has 0 bridgehead atoms. The molecule has 2 rings (SSSR count). The third kappa shape index (κ3) is 2.48. The van der Waals surface area contributed by atoms with Crippen LogP contribution in [0.5, 0.6) is 5.75 Å². The number of nitrogens with zero attached hydrogens (tertiary/aromatic N) is 2. The highest BCUT2D eigenvalue weighted by Gasteiger charge is 2.12. The van der Waals surface area contributed by atoms with Gasteiger partial charge in [0.2, 0.25) is 0 Å².